The molecule has 158 valence electrons. The van der Waals surface area contributed by atoms with Crippen molar-refractivity contribution in [3.8, 4) is 28.4 Å². The van der Waals surface area contributed by atoms with Crippen LogP contribution in [0.5, 0.6) is 11.5 Å². The van der Waals surface area contributed by atoms with Gasteiger partial charge in [-0.15, -0.1) is 0 Å². The highest BCUT2D eigenvalue weighted by Gasteiger charge is 2.16. The molecule has 1 aromatic heterocycles. The molecule has 7 nitrogen and oxygen atoms in total. The first kappa shape index (κ1) is 21.4. The molecule has 0 spiro atoms. The maximum absolute atomic E-state index is 12.5. The van der Waals surface area contributed by atoms with Crippen LogP contribution in [-0.4, -0.2) is 42.3 Å². The molecule has 0 bridgehead atoms. The molecule has 1 unspecified atom stereocenters. The number of rotatable bonds is 9. The number of hydrogen-bond acceptors (Lipinski definition) is 5. The highest BCUT2D eigenvalue weighted by Crippen LogP contribution is 2.31. The molecular weight excluding hydrogens is 380 g/mol. The molecule has 1 heterocycles. The molecule has 0 aliphatic carbocycles. The van der Waals surface area contributed by atoms with Crippen molar-refractivity contribution in [1.82, 2.24) is 14.9 Å². The van der Waals surface area contributed by atoms with E-state index in [9.17, 15) is 4.79 Å². The molecule has 1 atom stereocenters. The van der Waals surface area contributed by atoms with Gasteiger partial charge >= 0.3 is 0 Å². The maximum atomic E-state index is 12.5. The minimum absolute atomic E-state index is 0.151. The fourth-order valence-electron chi connectivity index (χ4n) is 2.97. The van der Waals surface area contributed by atoms with Gasteiger partial charge in [0.1, 0.15) is 0 Å². The summed E-state index contributed by atoms with van der Waals surface area (Å²) in [4.78, 5) is 17.2. The highest BCUT2D eigenvalue weighted by molar-refractivity contribution is 5.91. The summed E-state index contributed by atoms with van der Waals surface area (Å²) in [6.45, 7) is 4.34. The number of hydrogen-bond donors (Lipinski definition) is 2. The van der Waals surface area contributed by atoms with Gasteiger partial charge in [0, 0.05) is 23.9 Å². The van der Waals surface area contributed by atoms with Crippen molar-refractivity contribution in [2.45, 2.75) is 26.3 Å². The average molecular weight is 409 g/mol. The van der Waals surface area contributed by atoms with Crippen molar-refractivity contribution >= 4 is 11.9 Å². The predicted octanol–water partition coefficient (Wildman–Crippen LogP) is 3.88. The fourth-order valence-corrected chi connectivity index (χ4v) is 2.97. The van der Waals surface area contributed by atoms with Crippen LogP contribution in [-0.2, 0) is 4.79 Å². The van der Waals surface area contributed by atoms with Crippen LogP contribution in [0.3, 0.4) is 0 Å². The summed E-state index contributed by atoms with van der Waals surface area (Å²) in [5.74, 6) is 1.52. The third kappa shape index (κ3) is 4.99. The van der Waals surface area contributed by atoms with E-state index in [0.717, 1.165) is 23.4 Å². The Bertz CT molecular complexity index is 985. The minimum atomic E-state index is -0.151. The average Bonchev–Trinajstić information content (AvgIpc) is 3.21. The molecule has 2 N–H and O–H groups in total. The number of benzene rings is 2. The van der Waals surface area contributed by atoms with E-state index in [0.29, 0.717) is 17.4 Å². The lowest BCUT2D eigenvalue weighted by Gasteiger charge is -2.13. The van der Waals surface area contributed by atoms with Crippen LogP contribution in [0.25, 0.3) is 16.9 Å². The molecule has 0 radical (unpaired) electrons. The summed E-state index contributed by atoms with van der Waals surface area (Å²) < 4.78 is 12.6. The number of amides is 1. The first-order valence-corrected chi connectivity index (χ1v) is 9.96. The van der Waals surface area contributed by atoms with Crippen molar-refractivity contribution in [3.63, 3.8) is 0 Å². The SMILES string of the molecule is CCC(C)NCC(=O)Nc1nc(-c2ccccc2)cn1-c1ccc(OC)c(OC)c1. The fraction of sp³-hybridized carbons (Fsp3) is 0.304. The monoisotopic (exact) mass is 408 g/mol. The lowest BCUT2D eigenvalue weighted by molar-refractivity contribution is -0.115. The number of carbonyl (C=O) groups excluding carboxylic acids is 1. The largest absolute Gasteiger partial charge is 0.493 e. The first-order chi connectivity index (χ1) is 14.5. The quantitative estimate of drug-likeness (QED) is 0.562. The molecule has 0 saturated heterocycles. The number of aromatic nitrogens is 2. The number of ether oxygens (including phenoxy) is 2. The van der Waals surface area contributed by atoms with E-state index in [1.54, 1.807) is 14.2 Å². The van der Waals surface area contributed by atoms with Crippen molar-refractivity contribution in [2.75, 3.05) is 26.1 Å². The van der Waals surface area contributed by atoms with Crippen LogP contribution in [0.15, 0.2) is 54.7 Å². The Labute approximate surface area is 177 Å². The Morgan fingerprint density at radius 3 is 2.50 bits per heavy atom. The topological polar surface area (TPSA) is 77.4 Å². The van der Waals surface area contributed by atoms with Gasteiger partial charge in [0.25, 0.3) is 0 Å². The van der Waals surface area contributed by atoms with E-state index in [1.807, 2.05) is 66.2 Å². The zero-order valence-corrected chi connectivity index (χ0v) is 17.8. The van der Waals surface area contributed by atoms with Crippen LogP contribution in [0.4, 0.5) is 5.95 Å². The van der Waals surface area contributed by atoms with Crippen LogP contribution >= 0.6 is 0 Å². The molecule has 0 fully saturated rings. The standard InChI is InChI=1S/C23H28N4O3/c1-5-16(2)24-14-22(28)26-23-25-19(17-9-7-6-8-10-17)15-27(23)18-11-12-20(29-3)21(13-18)30-4/h6-13,15-16,24H,5,14H2,1-4H3,(H,25,26,28). The molecule has 1 amide bonds. The lowest BCUT2D eigenvalue weighted by atomic mass is 10.2. The number of carbonyl (C=O) groups is 1. The third-order valence-electron chi connectivity index (χ3n) is 4.90. The van der Waals surface area contributed by atoms with Gasteiger partial charge in [-0.2, -0.15) is 0 Å². The van der Waals surface area contributed by atoms with E-state index in [4.69, 9.17) is 9.47 Å². The molecule has 7 heteroatoms. The molecule has 3 aromatic rings. The third-order valence-corrected chi connectivity index (χ3v) is 4.90. The summed E-state index contributed by atoms with van der Waals surface area (Å²) in [7, 11) is 3.19. The first-order valence-electron chi connectivity index (χ1n) is 9.96. The van der Waals surface area contributed by atoms with Gasteiger partial charge in [-0.05, 0) is 25.5 Å². The molecule has 0 aliphatic heterocycles. The molecule has 2 aromatic carbocycles. The second kappa shape index (κ2) is 9.93. The second-order valence-electron chi connectivity index (χ2n) is 6.96. The van der Waals surface area contributed by atoms with Crippen LogP contribution in [0.1, 0.15) is 20.3 Å². The smallest absolute Gasteiger partial charge is 0.240 e. The minimum Gasteiger partial charge on any atom is -0.493 e. The van der Waals surface area contributed by atoms with Gasteiger partial charge in [-0.3, -0.25) is 14.7 Å². The van der Waals surface area contributed by atoms with Crippen LogP contribution in [0.2, 0.25) is 0 Å². The molecule has 0 saturated carbocycles. The van der Waals surface area contributed by atoms with Crippen molar-refractivity contribution in [1.29, 1.82) is 0 Å². The van der Waals surface area contributed by atoms with Gasteiger partial charge in [0.15, 0.2) is 11.5 Å². The van der Waals surface area contributed by atoms with E-state index >= 15 is 0 Å². The van der Waals surface area contributed by atoms with Crippen molar-refractivity contribution < 1.29 is 14.3 Å². The van der Waals surface area contributed by atoms with E-state index in [1.165, 1.54) is 0 Å². The van der Waals surface area contributed by atoms with Gasteiger partial charge < -0.3 is 14.8 Å². The van der Waals surface area contributed by atoms with E-state index in [2.05, 4.69) is 22.5 Å². The summed E-state index contributed by atoms with van der Waals surface area (Å²) in [5, 5.41) is 6.12. The lowest BCUT2D eigenvalue weighted by Crippen LogP contribution is -2.34. The van der Waals surface area contributed by atoms with Crippen LogP contribution in [0, 0.1) is 0 Å². The van der Waals surface area contributed by atoms with E-state index < -0.39 is 0 Å². The highest BCUT2D eigenvalue weighted by atomic mass is 16.5. The molecule has 0 aliphatic rings. The Morgan fingerprint density at radius 2 is 1.83 bits per heavy atom. The Kier molecular flexibility index (Phi) is 7.08. The maximum Gasteiger partial charge on any atom is 0.240 e. The Balaban J connectivity index is 1.96. The molecule has 30 heavy (non-hydrogen) atoms. The number of imidazole rings is 1. The van der Waals surface area contributed by atoms with Crippen molar-refractivity contribution in [3.05, 3.63) is 54.7 Å². The summed E-state index contributed by atoms with van der Waals surface area (Å²) in [6, 6.07) is 15.7. The number of anilines is 1. The van der Waals surface area contributed by atoms with Gasteiger partial charge in [0.2, 0.25) is 11.9 Å². The zero-order chi connectivity index (χ0) is 21.5. The van der Waals surface area contributed by atoms with E-state index in [-0.39, 0.29) is 18.5 Å². The second-order valence-corrected chi connectivity index (χ2v) is 6.96. The van der Waals surface area contributed by atoms with Gasteiger partial charge in [-0.25, -0.2) is 4.98 Å². The van der Waals surface area contributed by atoms with Crippen molar-refractivity contribution in [2.24, 2.45) is 0 Å². The number of nitrogens with one attached hydrogen (secondary N) is 2. The molecule has 3 rings (SSSR count). The zero-order valence-electron chi connectivity index (χ0n) is 17.8. The predicted molar refractivity (Wildman–Crippen MR) is 118 cm³/mol. The summed E-state index contributed by atoms with van der Waals surface area (Å²) in [6.07, 6.45) is 2.85. The number of nitrogens with zero attached hydrogens (tertiary/aromatic N) is 2. The Morgan fingerprint density at radius 1 is 1.10 bits per heavy atom. The Hall–Kier alpha value is -3.32. The normalized spacial score (nSPS) is 11.7. The van der Waals surface area contributed by atoms with Crippen LogP contribution < -0.4 is 20.1 Å². The van der Waals surface area contributed by atoms with Gasteiger partial charge in [-0.1, -0.05) is 37.3 Å². The summed E-state index contributed by atoms with van der Waals surface area (Å²) in [5.41, 5.74) is 2.52. The van der Waals surface area contributed by atoms with Gasteiger partial charge in [0.05, 0.1) is 32.1 Å². The number of methoxy groups -OCH3 is 2. The molecular formula is C23H28N4O3. The summed E-state index contributed by atoms with van der Waals surface area (Å²) >= 11 is 0.